The zero-order chi connectivity index (χ0) is 15.3. The average Bonchev–Trinajstić information content (AvgIpc) is 2.97. The zero-order valence-electron chi connectivity index (χ0n) is 11.3. The fourth-order valence-corrected chi connectivity index (χ4v) is 1.94. The largest absolute Gasteiger partial charge is 0.405 e. The minimum Gasteiger partial charge on any atom is -0.364 e. The van der Waals surface area contributed by atoms with Crippen molar-refractivity contribution in [3.63, 3.8) is 0 Å². The number of urea groups is 1. The molecule has 2 N–H and O–H groups in total. The van der Waals surface area contributed by atoms with Gasteiger partial charge in [0.25, 0.3) is 0 Å². The number of rotatable bonds is 4. The van der Waals surface area contributed by atoms with Gasteiger partial charge in [-0.25, -0.2) is 4.79 Å². The SMILES string of the molecule is O=C(NCc1ccc(N2CC=CC2)cc1)NCC(F)(F)F. The molecule has 0 spiro atoms. The number of alkyl halides is 3. The molecule has 2 amide bonds. The van der Waals surface area contributed by atoms with Crippen LogP contribution in [0.2, 0.25) is 0 Å². The molecule has 0 bridgehead atoms. The number of benzene rings is 1. The third-order valence-electron chi connectivity index (χ3n) is 3.02. The number of carbonyl (C=O) groups excluding carboxylic acids is 1. The topological polar surface area (TPSA) is 44.4 Å². The lowest BCUT2D eigenvalue weighted by Gasteiger charge is -2.18. The first-order chi connectivity index (χ1) is 9.94. The summed E-state index contributed by atoms with van der Waals surface area (Å²) in [5.74, 6) is 0. The number of anilines is 1. The predicted octanol–water partition coefficient (Wildman–Crippen LogP) is 2.42. The molecule has 0 radical (unpaired) electrons. The van der Waals surface area contributed by atoms with Crippen molar-refractivity contribution in [3.8, 4) is 0 Å². The zero-order valence-corrected chi connectivity index (χ0v) is 11.3. The van der Waals surface area contributed by atoms with Crippen molar-refractivity contribution in [2.24, 2.45) is 0 Å². The normalized spacial score (nSPS) is 14.3. The summed E-state index contributed by atoms with van der Waals surface area (Å²) in [5.41, 5.74) is 1.90. The number of halogens is 3. The highest BCUT2D eigenvalue weighted by atomic mass is 19.4. The van der Waals surface area contributed by atoms with E-state index >= 15 is 0 Å². The highest BCUT2D eigenvalue weighted by molar-refractivity contribution is 5.73. The van der Waals surface area contributed by atoms with Crippen molar-refractivity contribution in [2.45, 2.75) is 12.7 Å². The molecule has 0 atom stereocenters. The molecule has 1 heterocycles. The van der Waals surface area contributed by atoms with Crippen LogP contribution >= 0.6 is 0 Å². The van der Waals surface area contributed by atoms with E-state index in [1.54, 1.807) is 5.32 Å². The van der Waals surface area contributed by atoms with Crippen LogP contribution in [0.5, 0.6) is 0 Å². The van der Waals surface area contributed by atoms with Crippen molar-refractivity contribution in [1.82, 2.24) is 10.6 Å². The average molecular weight is 299 g/mol. The minimum absolute atomic E-state index is 0.183. The summed E-state index contributed by atoms with van der Waals surface area (Å²) in [6.07, 6.45) is -0.232. The van der Waals surface area contributed by atoms with Crippen molar-refractivity contribution < 1.29 is 18.0 Å². The predicted molar refractivity (Wildman–Crippen MR) is 74.1 cm³/mol. The van der Waals surface area contributed by atoms with Gasteiger partial charge in [-0.2, -0.15) is 13.2 Å². The molecule has 0 aliphatic carbocycles. The second-order valence-corrected chi connectivity index (χ2v) is 4.69. The Morgan fingerprint density at radius 3 is 2.29 bits per heavy atom. The lowest BCUT2D eigenvalue weighted by Crippen LogP contribution is -2.40. The van der Waals surface area contributed by atoms with Crippen LogP contribution in [0.1, 0.15) is 5.56 Å². The maximum absolute atomic E-state index is 11.9. The molecule has 0 saturated carbocycles. The van der Waals surface area contributed by atoms with Gasteiger partial charge in [0.2, 0.25) is 0 Å². The highest BCUT2D eigenvalue weighted by Crippen LogP contribution is 2.17. The van der Waals surface area contributed by atoms with Crippen LogP contribution in [0.25, 0.3) is 0 Å². The Morgan fingerprint density at radius 1 is 1.10 bits per heavy atom. The molecule has 4 nitrogen and oxygen atoms in total. The number of hydrogen-bond donors (Lipinski definition) is 2. The smallest absolute Gasteiger partial charge is 0.364 e. The van der Waals surface area contributed by atoms with Gasteiger partial charge in [-0.15, -0.1) is 0 Å². The molecule has 0 unspecified atom stereocenters. The molecule has 1 aliphatic rings. The van der Waals surface area contributed by atoms with Crippen LogP contribution in [-0.2, 0) is 6.54 Å². The lowest BCUT2D eigenvalue weighted by molar-refractivity contribution is -0.122. The van der Waals surface area contributed by atoms with Crippen molar-refractivity contribution in [2.75, 3.05) is 24.5 Å². The minimum atomic E-state index is -4.40. The van der Waals surface area contributed by atoms with Gasteiger partial charge in [0, 0.05) is 25.3 Å². The Morgan fingerprint density at radius 2 is 1.71 bits per heavy atom. The molecule has 0 saturated heterocycles. The third-order valence-corrected chi connectivity index (χ3v) is 3.02. The summed E-state index contributed by atoms with van der Waals surface area (Å²) < 4.78 is 35.8. The standard InChI is InChI=1S/C14H16F3N3O/c15-14(16,17)10-19-13(21)18-9-11-3-5-12(6-4-11)20-7-1-2-8-20/h1-6H,7-10H2,(H2,18,19,21). The quantitative estimate of drug-likeness (QED) is 0.839. The molecule has 114 valence electrons. The molecular formula is C14H16F3N3O. The summed E-state index contributed by atoms with van der Waals surface area (Å²) in [6.45, 7) is 0.594. The van der Waals surface area contributed by atoms with E-state index in [-0.39, 0.29) is 6.54 Å². The van der Waals surface area contributed by atoms with Crippen molar-refractivity contribution in [3.05, 3.63) is 42.0 Å². The molecule has 0 aromatic heterocycles. The van der Waals surface area contributed by atoms with E-state index in [9.17, 15) is 18.0 Å². The number of hydrogen-bond acceptors (Lipinski definition) is 2. The molecule has 2 rings (SSSR count). The Labute approximate surface area is 120 Å². The third kappa shape index (κ3) is 5.02. The summed E-state index contributed by atoms with van der Waals surface area (Å²) in [7, 11) is 0. The van der Waals surface area contributed by atoms with Gasteiger partial charge in [-0.05, 0) is 17.7 Å². The first kappa shape index (κ1) is 15.2. The Hall–Kier alpha value is -2.18. The molecule has 1 aromatic rings. The highest BCUT2D eigenvalue weighted by Gasteiger charge is 2.27. The van der Waals surface area contributed by atoms with Gasteiger partial charge >= 0.3 is 12.2 Å². The van der Waals surface area contributed by atoms with Gasteiger partial charge in [-0.1, -0.05) is 24.3 Å². The number of carbonyl (C=O) groups is 1. The van der Waals surface area contributed by atoms with E-state index in [2.05, 4.69) is 22.4 Å². The molecule has 21 heavy (non-hydrogen) atoms. The van der Waals surface area contributed by atoms with E-state index < -0.39 is 18.8 Å². The van der Waals surface area contributed by atoms with Crippen LogP contribution in [-0.4, -0.2) is 31.8 Å². The molecule has 1 aromatic carbocycles. The van der Waals surface area contributed by atoms with Gasteiger partial charge in [0.05, 0.1) is 0 Å². The number of amides is 2. The fraction of sp³-hybridized carbons (Fsp3) is 0.357. The van der Waals surface area contributed by atoms with E-state index in [1.807, 2.05) is 24.3 Å². The maximum Gasteiger partial charge on any atom is 0.405 e. The summed E-state index contributed by atoms with van der Waals surface area (Å²) in [5, 5.41) is 4.14. The summed E-state index contributed by atoms with van der Waals surface area (Å²) in [6, 6.07) is 6.71. The Bertz CT molecular complexity index is 503. The Kier molecular flexibility index (Phi) is 4.72. The number of nitrogens with one attached hydrogen (secondary N) is 2. The van der Waals surface area contributed by atoms with Gasteiger partial charge < -0.3 is 15.5 Å². The Balaban J connectivity index is 1.77. The van der Waals surface area contributed by atoms with Gasteiger partial charge in [-0.3, -0.25) is 0 Å². The van der Waals surface area contributed by atoms with E-state index in [4.69, 9.17) is 0 Å². The lowest BCUT2D eigenvalue weighted by atomic mass is 10.2. The monoisotopic (exact) mass is 299 g/mol. The van der Waals surface area contributed by atoms with Crippen LogP contribution < -0.4 is 15.5 Å². The molecule has 7 heteroatoms. The summed E-state index contributed by atoms with van der Waals surface area (Å²) in [4.78, 5) is 13.4. The molecule has 1 aliphatic heterocycles. The van der Waals surface area contributed by atoms with Crippen molar-refractivity contribution >= 4 is 11.7 Å². The van der Waals surface area contributed by atoms with Crippen molar-refractivity contribution in [1.29, 1.82) is 0 Å². The van der Waals surface area contributed by atoms with Crippen LogP contribution in [0.4, 0.5) is 23.7 Å². The van der Waals surface area contributed by atoms with Crippen LogP contribution in [0.3, 0.4) is 0 Å². The number of nitrogens with zero attached hydrogens (tertiary/aromatic N) is 1. The first-order valence-corrected chi connectivity index (χ1v) is 6.51. The van der Waals surface area contributed by atoms with Crippen LogP contribution in [0, 0.1) is 0 Å². The summed E-state index contributed by atoms with van der Waals surface area (Å²) >= 11 is 0. The first-order valence-electron chi connectivity index (χ1n) is 6.51. The van der Waals surface area contributed by atoms with E-state index in [0.717, 1.165) is 24.3 Å². The second kappa shape index (κ2) is 6.51. The van der Waals surface area contributed by atoms with Gasteiger partial charge in [0.15, 0.2) is 0 Å². The molecule has 0 fully saturated rings. The van der Waals surface area contributed by atoms with Gasteiger partial charge in [0.1, 0.15) is 6.54 Å². The fourth-order valence-electron chi connectivity index (χ4n) is 1.94. The second-order valence-electron chi connectivity index (χ2n) is 4.69. The van der Waals surface area contributed by atoms with E-state index in [1.165, 1.54) is 0 Å². The maximum atomic E-state index is 11.9. The van der Waals surface area contributed by atoms with Crippen LogP contribution in [0.15, 0.2) is 36.4 Å². The van der Waals surface area contributed by atoms with E-state index in [0.29, 0.717) is 0 Å². The molecular weight excluding hydrogens is 283 g/mol.